The fourth-order valence-electron chi connectivity index (χ4n) is 3.26. The standard InChI is InChI=1S/C22H29N3O4S.C2H6O/c26-21(18-30(27)17-20-7-6-14-28-20)23-9-2-5-13-29-22-15-19(8-10-24-22)16-25-11-3-1-4-12-25;1-2-3/h2,5-8,10,14-15H,1,3-4,9,11-13,16-18H2,(H,23,26);3H,2H2,1H3/b5-2-;. The Labute approximate surface area is 198 Å². The van der Waals surface area contributed by atoms with Gasteiger partial charge in [-0.05, 0) is 62.7 Å². The Morgan fingerprint density at radius 2 is 2.09 bits per heavy atom. The number of ether oxygens (including phenoxy) is 1. The van der Waals surface area contributed by atoms with Gasteiger partial charge in [-0.1, -0.05) is 12.5 Å². The molecule has 0 spiro atoms. The van der Waals surface area contributed by atoms with Crippen molar-refractivity contribution in [1.82, 2.24) is 15.2 Å². The van der Waals surface area contributed by atoms with Crippen molar-refractivity contribution < 1.29 is 23.3 Å². The van der Waals surface area contributed by atoms with Gasteiger partial charge in [0.25, 0.3) is 0 Å². The zero-order valence-corrected chi connectivity index (χ0v) is 20.1. The summed E-state index contributed by atoms with van der Waals surface area (Å²) >= 11 is 0. The van der Waals surface area contributed by atoms with Gasteiger partial charge in [0, 0.05) is 42.8 Å². The van der Waals surface area contributed by atoms with Crippen molar-refractivity contribution in [3.63, 3.8) is 0 Å². The Balaban J connectivity index is 0.00000122. The Morgan fingerprint density at radius 1 is 1.30 bits per heavy atom. The SMILES string of the molecule is CCO.O=C(CS(=O)Cc1ccco1)NC/C=C\COc1cc(CN2CCCCC2)ccn1. The molecule has 0 bridgehead atoms. The maximum Gasteiger partial charge on any atom is 0.232 e. The maximum atomic E-state index is 11.9. The first kappa shape index (κ1) is 26.8. The van der Waals surface area contributed by atoms with Crippen LogP contribution in [0.5, 0.6) is 5.88 Å². The van der Waals surface area contributed by atoms with E-state index in [4.69, 9.17) is 14.3 Å². The third-order valence-electron chi connectivity index (χ3n) is 4.74. The van der Waals surface area contributed by atoms with E-state index in [0.717, 1.165) is 19.6 Å². The minimum absolute atomic E-state index is 0.0429. The van der Waals surface area contributed by atoms with Crippen LogP contribution >= 0.6 is 0 Å². The van der Waals surface area contributed by atoms with Crippen LogP contribution < -0.4 is 10.1 Å². The van der Waals surface area contributed by atoms with E-state index in [9.17, 15) is 9.00 Å². The molecule has 1 unspecified atom stereocenters. The summed E-state index contributed by atoms with van der Waals surface area (Å²) in [7, 11) is -1.28. The number of nitrogens with zero attached hydrogens (tertiary/aromatic N) is 2. The predicted octanol–water partition coefficient (Wildman–Crippen LogP) is 2.66. The second kappa shape index (κ2) is 16.2. The number of pyridine rings is 1. The molecule has 9 heteroatoms. The second-order valence-corrected chi connectivity index (χ2v) is 9.01. The van der Waals surface area contributed by atoms with Gasteiger partial charge < -0.3 is 19.6 Å². The molecule has 33 heavy (non-hydrogen) atoms. The van der Waals surface area contributed by atoms with Crippen LogP contribution in [0.1, 0.15) is 37.5 Å². The van der Waals surface area contributed by atoms with Crippen LogP contribution in [0, 0.1) is 0 Å². The lowest BCUT2D eigenvalue weighted by molar-refractivity contribution is -0.118. The molecule has 1 amide bonds. The highest BCUT2D eigenvalue weighted by Gasteiger charge is 2.11. The van der Waals surface area contributed by atoms with Gasteiger partial charge in [-0.25, -0.2) is 4.98 Å². The number of amides is 1. The normalized spacial score (nSPS) is 15.0. The molecule has 0 radical (unpaired) electrons. The molecule has 0 aromatic carbocycles. The van der Waals surface area contributed by atoms with Crippen molar-refractivity contribution in [2.75, 3.05) is 38.6 Å². The topological polar surface area (TPSA) is 105 Å². The first-order valence-electron chi connectivity index (χ1n) is 11.3. The monoisotopic (exact) mass is 477 g/mol. The Morgan fingerprint density at radius 3 is 2.82 bits per heavy atom. The number of aliphatic hydroxyl groups is 1. The molecule has 1 saturated heterocycles. The number of nitrogens with one attached hydrogen (secondary N) is 1. The number of carbonyl (C=O) groups excluding carboxylic acids is 1. The zero-order chi connectivity index (χ0) is 23.7. The van der Waals surface area contributed by atoms with Gasteiger partial charge in [0.1, 0.15) is 18.1 Å². The molecule has 0 saturated carbocycles. The molecule has 1 fully saturated rings. The smallest absolute Gasteiger partial charge is 0.232 e. The number of piperidine rings is 1. The van der Waals surface area contributed by atoms with Crippen LogP contribution in [0.25, 0.3) is 0 Å². The lowest BCUT2D eigenvalue weighted by atomic mass is 10.1. The van der Waals surface area contributed by atoms with E-state index >= 15 is 0 Å². The van der Waals surface area contributed by atoms with Crippen molar-refractivity contribution in [3.05, 3.63) is 60.2 Å². The molecule has 2 N–H and O–H groups in total. The van der Waals surface area contributed by atoms with Crippen LogP contribution in [0.15, 0.2) is 53.3 Å². The highest BCUT2D eigenvalue weighted by Crippen LogP contribution is 2.15. The van der Waals surface area contributed by atoms with E-state index in [1.807, 2.05) is 24.3 Å². The van der Waals surface area contributed by atoms with Crippen LogP contribution in [-0.2, 0) is 27.9 Å². The number of likely N-dealkylation sites (tertiary alicyclic amines) is 1. The largest absolute Gasteiger partial charge is 0.473 e. The average molecular weight is 478 g/mol. The number of aromatic nitrogens is 1. The van der Waals surface area contributed by atoms with Crippen LogP contribution in [0.4, 0.5) is 0 Å². The number of furan rings is 1. The first-order chi connectivity index (χ1) is 16.1. The summed E-state index contributed by atoms with van der Waals surface area (Å²) in [6.45, 7) is 5.91. The quantitative estimate of drug-likeness (QED) is 0.480. The predicted molar refractivity (Wildman–Crippen MR) is 129 cm³/mol. The van der Waals surface area contributed by atoms with Gasteiger partial charge >= 0.3 is 0 Å². The van der Waals surface area contributed by atoms with E-state index < -0.39 is 10.8 Å². The summed E-state index contributed by atoms with van der Waals surface area (Å²) < 4.78 is 22.7. The molecule has 1 aliphatic heterocycles. The molecule has 2 aromatic heterocycles. The van der Waals surface area contributed by atoms with E-state index in [-0.39, 0.29) is 24.0 Å². The summed E-state index contributed by atoms with van der Waals surface area (Å²) in [4.78, 5) is 18.5. The molecule has 2 aromatic rings. The Kier molecular flexibility index (Phi) is 13.1. The lowest BCUT2D eigenvalue weighted by Crippen LogP contribution is -2.29. The zero-order valence-electron chi connectivity index (χ0n) is 19.3. The Hall–Kier alpha value is -2.49. The lowest BCUT2D eigenvalue weighted by Gasteiger charge is -2.26. The highest BCUT2D eigenvalue weighted by atomic mass is 32.2. The molecule has 1 aliphatic rings. The highest BCUT2D eigenvalue weighted by molar-refractivity contribution is 7.84. The van der Waals surface area contributed by atoms with Gasteiger partial charge in [-0.3, -0.25) is 13.9 Å². The number of hydrogen-bond acceptors (Lipinski definition) is 7. The third kappa shape index (κ3) is 11.8. The summed E-state index contributed by atoms with van der Waals surface area (Å²) in [5.74, 6) is 1.17. The molecule has 1 atom stereocenters. The molecule has 182 valence electrons. The van der Waals surface area contributed by atoms with Crippen LogP contribution in [0.2, 0.25) is 0 Å². The van der Waals surface area contributed by atoms with E-state index in [1.165, 1.54) is 31.1 Å². The number of rotatable bonds is 11. The van der Waals surface area contributed by atoms with Crippen molar-refractivity contribution in [2.45, 2.75) is 38.5 Å². The summed E-state index contributed by atoms with van der Waals surface area (Å²) in [6, 6.07) is 7.50. The fourth-order valence-corrected chi connectivity index (χ4v) is 4.24. The summed E-state index contributed by atoms with van der Waals surface area (Å²) in [6.07, 6.45) is 10.8. The number of hydrogen-bond donors (Lipinski definition) is 2. The van der Waals surface area contributed by atoms with Gasteiger partial charge in [-0.2, -0.15) is 0 Å². The van der Waals surface area contributed by atoms with Gasteiger partial charge in [0.05, 0.1) is 12.0 Å². The molecular weight excluding hydrogens is 442 g/mol. The van der Waals surface area contributed by atoms with Crippen molar-refractivity contribution >= 4 is 16.7 Å². The van der Waals surface area contributed by atoms with Crippen molar-refractivity contribution in [2.24, 2.45) is 0 Å². The summed E-state index contributed by atoms with van der Waals surface area (Å²) in [5.41, 5.74) is 1.21. The van der Waals surface area contributed by atoms with Gasteiger partial charge in [0.15, 0.2) is 0 Å². The van der Waals surface area contributed by atoms with Gasteiger partial charge in [-0.15, -0.1) is 0 Å². The Bertz CT molecular complexity index is 852. The maximum absolute atomic E-state index is 11.9. The summed E-state index contributed by atoms with van der Waals surface area (Å²) in [5, 5.41) is 10.3. The fraction of sp³-hybridized carbons (Fsp3) is 0.500. The van der Waals surface area contributed by atoms with Crippen LogP contribution in [0.3, 0.4) is 0 Å². The van der Waals surface area contributed by atoms with E-state index in [2.05, 4.69) is 15.2 Å². The minimum atomic E-state index is -1.28. The molecule has 3 heterocycles. The van der Waals surface area contributed by atoms with Crippen LogP contribution in [-0.4, -0.2) is 63.7 Å². The second-order valence-electron chi connectivity index (χ2n) is 7.55. The molecule has 3 rings (SSSR count). The first-order valence-corrected chi connectivity index (χ1v) is 12.8. The third-order valence-corrected chi connectivity index (χ3v) is 5.93. The van der Waals surface area contributed by atoms with Crippen molar-refractivity contribution in [1.29, 1.82) is 0 Å². The molecule has 0 aliphatic carbocycles. The number of aliphatic hydroxyl groups excluding tert-OH is 1. The number of carbonyl (C=O) groups is 1. The van der Waals surface area contributed by atoms with Gasteiger partial charge in [0.2, 0.25) is 11.8 Å². The minimum Gasteiger partial charge on any atom is -0.473 e. The molecular formula is C24H35N3O5S. The van der Waals surface area contributed by atoms with E-state index in [1.54, 1.807) is 25.3 Å². The van der Waals surface area contributed by atoms with Crippen molar-refractivity contribution in [3.8, 4) is 5.88 Å². The molecule has 8 nitrogen and oxygen atoms in total. The van der Waals surface area contributed by atoms with E-state index in [0.29, 0.717) is 24.8 Å². The average Bonchev–Trinajstić information content (AvgIpc) is 3.30.